The number of carbonyl (C=O) groups excluding carboxylic acids is 2. The van der Waals surface area contributed by atoms with E-state index in [1.165, 1.54) is 11.1 Å². The first kappa shape index (κ1) is 13.4. The quantitative estimate of drug-likeness (QED) is 0.914. The number of primary amides is 1. The number of hydrogen-bond acceptors (Lipinski definition) is 2. The topological polar surface area (TPSA) is 63.4 Å². The zero-order valence-electron chi connectivity index (χ0n) is 11.6. The Bertz CT molecular complexity index is 692. The normalized spacial score (nSPS) is 13.6. The summed E-state index contributed by atoms with van der Waals surface area (Å²) in [5.74, 6) is -0.499. The number of carbonyl (C=O) groups is 2. The highest BCUT2D eigenvalue weighted by molar-refractivity contribution is 5.97. The van der Waals surface area contributed by atoms with E-state index in [9.17, 15) is 9.59 Å². The monoisotopic (exact) mass is 280 g/mol. The minimum atomic E-state index is -0.485. The molecule has 0 aromatic heterocycles. The Balaban J connectivity index is 1.79. The molecule has 1 aliphatic heterocycles. The molecule has 0 atom stereocenters. The second-order valence-corrected chi connectivity index (χ2v) is 5.19. The van der Waals surface area contributed by atoms with E-state index in [-0.39, 0.29) is 5.91 Å². The number of benzene rings is 2. The zero-order valence-corrected chi connectivity index (χ0v) is 11.6. The van der Waals surface area contributed by atoms with Crippen LogP contribution in [0.25, 0.3) is 0 Å². The predicted molar refractivity (Wildman–Crippen MR) is 79.8 cm³/mol. The molecule has 4 heteroatoms. The molecule has 2 amide bonds. The first-order chi connectivity index (χ1) is 10.1. The highest BCUT2D eigenvalue weighted by Gasteiger charge is 2.21. The molecule has 0 radical (unpaired) electrons. The molecular weight excluding hydrogens is 264 g/mol. The van der Waals surface area contributed by atoms with Gasteiger partial charge in [-0.05, 0) is 41.8 Å². The second kappa shape index (κ2) is 5.40. The van der Waals surface area contributed by atoms with Crippen LogP contribution in [0.2, 0.25) is 0 Å². The van der Waals surface area contributed by atoms with Gasteiger partial charge in [-0.3, -0.25) is 9.59 Å². The second-order valence-electron chi connectivity index (χ2n) is 5.19. The molecule has 0 saturated carbocycles. The third-order valence-corrected chi connectivity index (χ3v) is 3.83. The summed E-state index contributed by atoms with van der Waals surface area (Å²) in [5.41, 5.74) is 8.71. The number of fused-ring (bicyclic) bond motifs is 1. The lowest BCUT2D eigenvalue weighted by Crippen LogP contribution is -2.35. The van der Waals surface area contributed by atoms with Gasteiger partial charge in [-0.2, -0.15) is 0 Å². The molecule has 2 aromatic carbocycles. The lowest BCUT2D eigenvalue weighted by molar-refractivity contribution is 0.0734. The zero-order chi connectivity index (χ0) is 14.8. The Hall–Kier alpha value is -2.62. The van der Waals surface area contributed by atoms with Crippen molar-refractivity contribution in [2.24, 2.45) is 5.73 Å². The van der Waals surface area contributed by atoms with Gasteiger partial charge in [-0.1, -0.05) is 24.3 Å². The summed E-state index contributed by atoms with van der Waals surface area (Å²) in [5, 5.41) is 0. The SMILES string of the molecule is NC(=O)c1ccc(C(=O)N2CCc3ccccc3C2)cc1. The third kappa shape index (κ3) is 2.65. The maximum Gasteiger partial charge on any atom is 0.254 e. The fraction of sp³-hybridized carbons (Fsp3) is 0.176. The van der Waals surface area contributed by atoms with Crippen molar-refractivity contribution in [1.82, 2.24) is 4.90 Å². The lowest BCUT2D eigenvalue weighted by atomic mass is 9.99. The molecule has 1 aliphatic rings. The molecule has 0 aliphatic carbocycles. The van der Waals surface area contributed by atoms with Gasteiger partial charge in [0.05, 0.1) is 0 Å². The Kier molecular flexibility index (Phi) is 3.44. The summed E-state index contributed by atoms with van der Waals surface area (Å²) in [6.45, 7) is 1.35. The largest absolute Gasteiger partial charge is 0.366 e. The summed E-state index contributed by atoms with van der Waals surface area (Å²) < 4.78 is 0. The minimum absolute atomic E-state index is 0.0134. The number of hydrogen-bond donors (Lipinski definition) is 1. The molecule has 2 aromatic rings. The molecule has 0 bridgehead atoms. The minimum Gasteiger partial charge on any atom is -0.366 e. The van der Waals surface area contributed by atoms with Gasteiger partial charge >= 0.3 is 0 Å². The van der Waals surface area contributed by atoms with E-state index >= 15 is 0 Å². The molecule has 1 heterocycles. The Morgan fingerprint density at radius 1 is 0.905 bits per heavy atom. The van der Waals surface area contributed by atoms with Gasteiger partial charge in [0.1, 0.15) is 0 Å². The van der Waals surface area contributed by atoms with Crippen LogP contribution in [0.15, 0.2) is 48.5 Å². The number of nitrogens with two attached hydrogens (primary N) is 1. The van der Waals surface area contributed by atoms with Crippen molar-refractivity contribution in [2.75, 3.05) is 6.54 Å². The van der Waals surface area contributed by atoms with Gasteiger partial charge in [0.15, 0.2) is 0 Å². The van der Waals surface area contributed by atoms with Crippen LogP contribution < -0.4 is 5.73 Å². The molecule has 0 fully saturated rings. The fourth-order valence-corrected chi connectivity index (χ4v) is 2.63. The summed E-state index contributed by atoms with van der Waals surface area (Å²) >= 11 is 0. The van der Waals surface area contributed by atoms with Crippen LogP contribution in [0.4, 0.5) is 0 Å². The Labute approximate surface area is 123 Å². The van der Waals surface area contributed by atoms with Crippen LogP contribution in [-0.4, -0.2) is 23.3 Å². The van der Waals surface area contributed by atoms with Crippen LogP contribution in [-0.2, 0) is 13.0 Å². The molecule has 2 N–H and O–H groups in total. The molecular formula is C17H16N2O2. The number of nitrogens with zero attached hydrogens (tertiary/aromatic N) is 1. The standard InChI is InChI=1S/C17H16N2O2/c18-16(20)13-5-7-14(8-6-13)17(21)19-10-9-12-3-1-2-4-15(12)11-19/h1-8H,9-11H2,(H2,18,20). The van der Waals surface area contributed by atoms with E-state index in [1.807, 2.05) is 17.0 Å². The first-order valence-electron chi connectivity index (χ1n) is 6.91. The molecule has 106 valence electrons. The highest BCUT2D eigenvalue weighted by atomic mass is 16.2. The highest BCUT2D eigenvalue weighted by Crippen LogP contribution is 2.20. The smallest absolute Gasteiger partial charge is 0.254 e. The van der Waals surface area contributed by atoms with Crippen LogP contribution in [0.3, 0.4) is 0 Å². The maximum atomic E-state index is 12.5. The van der Waals surface area contributed by atoms with Crippen LogP contribution in [0.5, 0.6) is 0 Å². The van der Waals surface area contributed by atoms with Crippen molar-refractivity contribution < 1.29 is 9.59 Å². The van der Waals surface area contributed by atoms with Crippen molar-refractivity contribution in [3.8, 4) is 0 Å². The maximum absolute atomic E-state index is 12.5. The summed E-state index contributed by atoms with van der Waals surface area (Å²) in [6.07, 6.45) is 0.876. The van der Waals surface area contributed by atoms with Crippen LogP contribution in [0.1, 0.15) is 31.8 Å². The summed E-state index contributed by atoms with van der Waals surface area (Å²) in [7, 11) is 0. The molecule has 0 saturated heterocycles. The van der Waals surface area contributed by atoms with Gasteiger partial charge in [-0.15, -0.1) is 0 Å². The molecule has 4 nitrogen and oxygen atoms in total. The summed E-state index contributed by atoms with van der Waals surface area (Å²) in [6, 6.07) is 14.7. The number of amides is 2. The van der Waals surface area contributed by atoms with Crippen LogP contribution in [0, 0.1) is 0 Å². The van der Waals surface area contributed by atoms with Crippen molar-refractivity contribution in [2.45, 2.75) is 13.0 Å². The van der Waals surface area contributed by atoms with E-state index in [4.69, 9.17) is 5.73 Å². The third-order valence-electron chi connectivity index (χ3n) is 3.83. The van der Waals surface area contributed by atoms with E-state index < -0.39 is 5.91 Å². The van der Waals surface area contributed by atoms with E-state index in [0.717, 1.165) is 6.42 Å². The van der Waals surface area contributed by atoms with Gasteiger partial charge < -0.3 is 10.6 Å². The van der Waals surface area contributed by atoms with Gasteiger partial charge in [0.2, 0.25) is 5.91 Å². The van der Waals surface area contributed by atoms with E-state index in [2.05, 4.69) is 12.1 Å². The molecule has 0 spiro atoms. The predicted octanol–water partition coefficient (Wildman–Crippen LogP) is 1.98. The molecule has 0 unspecified atom stereocenters. The van der Waals surface area contributed by atoms with Gasteiger partial charge in [0.25, 0.3) is 5.91 Å². The van der Waals surface area contributed by atoms with E-state index in [0.29, 0.717) is 24.2 Å². The van der Waals surface area contributed by atoms with Gasteiger partial charge in [-0.25, -0.2) is 0 Å². The average molecular weight is 280 g/mol. The lowest BCUT2D eigenvalue weighted by Gasteiger charge is -2.29. The van der Waals surface area contributed by atoms with Crippen molar-refractivity contribution in [3.05, 3.63) is 70.8 Å². The van der Waals surface area contributed by atoms with Crippen molar-refractivity contribution in [1.29, 1.82) is 0 Å². The summed E-state index contributed by atoms with van der Waals surface area (Å²) in [4.78, 5) is 25.4. The Morgan fingerprint density at radius 2 is 1.52 bits per heavy atom. The fourth-order valence-electron chi connectivity index (χ4n) is 2.63. The number of rotatable bonds is 2. The van der Waals surface area contributed by atoms with Crippen molar-refractivity contribution >= 4 is 11.8 Å². The Morgan fingerprint density at radius 3 is 2.19 bits per heavy atom. The van der Waals surface area contributed by atoms with Crippen molar-refractivity contribution in [3.63, 3.8) is 0 Å². The molecule has 3 rings (SSSR count). The average Bonchev–Trinajstić information content (AvgIpc) is 2.54. The first-order valence-corrected chi connectivity index (χ1v) is 6.91. The van der Waals surface area contributed by atoms with Gasteiger partial charge in [0, 0.05) is 24.2 Å². The molecule has 21 heavy (non-hydrogen) atoms. The van der Waals surface area contributed by atoms with Crippen LogP contribution >= 0.6 is 0 Å². The van der Waals surface area contributed by atoms with E-state index in [1.54, 1.807) is 24.3 Å².